The van der Waals surface area contributed by atoms with E-state index in [2.05, 4.69) is 31.8 Å². The number of piperazine rings is 1. The maximum Gasteiger partial charge on any atom is 0.355 e. The lowest BCUT2D eigenvalue weighted by atomic mass is 10.1. The first-order valence-corrected chi connectivity index (χ1v) is 15.1. The Morgan fingerprint density at radius 2 is 1.95 bits per heavy atom. The van der Waals surface area contributed by atoms with E-state index in [1.807, 2.05) is 18.7 Å². The van der Waals surface area contributed by atoms with E-state index in [4.69, 9.17) is 0 Å². The number of carbonyl (C=O) groups excluding carboxylic acids is 2. The summed E-state index contributed by atoms with van der Waals surface area (Å²) in [6, 6.07) is 5.00. The zero-order chi connectivity index (χ0) is 30.9. The fourth-order valence-corrected chi connectivity index (χ4v) is 6.84. The number of hydrogen-bond acceptors (Lipinski definition) is 9. The maximum absolute atomic E-state index is 16.1. The van der Waals surface area contributed by atoms with Crippen LogP contribution in [0.3, 0.4) is 0 Å². The second-order valence-corrected chi connectivity index (χ2v) is 12.1. The summed E-state index contributed by atoms with van der Waals surface area (Å²) < 4.78 is 32.8. The molecule has 5 heterocycles. The molecule has 11 nitrogen and oxygen atoms in total. The first-order chi connectivity index (χ1) is 21.2. The molecule has 224 valence electrons. The predicted octanol–water partition coefficient (Wildman–Crippen LogP) is 3.66. The SMILES string of the molecule is C=CC(=O)N1CCN(c2nc(=O)n3c4nc(c(F)cc24)-c2c(F)cccc2NC(=O)CSc2ncnc(C(C)C)c2-3)[C@@H]2C[C@@H]21. The lowest BCUT2D eigenvalue weighted by molar-refractivity contribution is -0.127. The summed E-state index contributed by atoms with van der Waals surface area (Å²) in [7, 11) is 0. The number of hydrogen-bond donors (Lipinski definition) is 1. The van der Waals surface area contributed by atoms with Gasteiger partial charge in [0.05, 0.1) is 40.2 Å². The third-order valence-electron chi connectivity index (χ3n) is 8.09. The molecule has 2 aliphatic heterocycles. The third kappa shape index (κ3) is 4.43. The van der Waals surface area contributed by atoms with Gasteiger partial charge in [-0.25, -0.2) is 33.1 Å². The number of benzene rings is 1. The van der Waals surface area contributed by atoms with Gasteiger partial charge in [0, 0.05) is 13.1 Å². The molecule has 0 unspecified atom stereocenters. The largest absolute Gasteiger partial charge is 0.355 e. The predicted molar refractivity (Wildman–Crippen MR) is 161 cm³/mol. The van der Waals surface area contributed by atoms with Crippen LogP contribution in [0.1, 0.15) is 31.9 Å². The molecule has 0 radical (unpaired) electrons. The molecule has 2 bridgehead atoms. The van der Waals surface area contributed by atoms with Crippen LogP contribution < -0.4 is 15.9 Å². The lowest BCUT2D eigenvalue weighted by Gasteiger charge is -2.35. The molecular weight excluding hydrogens is 590 g/mol. The Hall–Kier alpha value is -4.72. The van der Waals surface area contributed by atoms with Crippen LogP contribution >= 0.6 is 11.8 Å². The number of nitrogens with zero attached hydrogens (tertiary/aromatic N) is 7. The number of carbonyl (C=O) groups is 2. The van der Waals surface area contributed by atoms with E-state index in [9.17, 15) is 14.4 Å². The molecule has 4 aromatic rings. The summed E-state index contributed by atoms with van der Waals surface area (Å²) in [5.41, 5.74) is -0.476. The first-order valence-electron chi connectivity index (χ1n) is 14.1. The number of amides is 2. The van der Waals surface area contributed by atoms with Crippen molar-refractivity contribution in [1.82, 2.24) is 29.4 Å². The molecule has 2 amide bonds. The molecule has 44 heavy (non-hydrogen) atoms. The van der Waals surface area contributed by atoms with E-state index in [0.29, 0.717) is 30.2 Å². The number of anilines is 2. The quantitative estimate of drug-likeness (QED) is 0.271. The lowest BCUT2D eigenvalue weighted by Crippen LogP contribution is -2.49. The van der Waals surface area contributed by atoms with Gasteiger partial charge >= 0.3 is 5.69 Å². The van der Waals surface area contributed by atoms with Gasteiger partial charge < -0.3 is 15.1 Å². The van der Waals surface area contributed by atoms with Crippen LogP contribution in [-0.2, 0) is 9.59 Å². The van der Waals surface area contributed by atoms with E-state index >= 15 is 8.78 Å². The molecule has 1 aliphatic carbocycles. The summed E-state index contributed by atoms with van der Waals surface area (Å²) >= 11 is 1.08. The Kier molecular flexibility index (Phi) is 6.68. The van der Waals surface area contributed by atoms with Gasteiger partial charge in [-0.05, 0) is 36.6 Å². The average Bonchev–Trinajstić information content (AvgIpc) is 3.80. The molecule has 3 aromatic heterocycles. The summed E-state index contributed by atoms with van der Waals surface area (Å²) in [6.07, 6.45) is 3.29. The fourth-order valence-electron chi connectivity index (χ4n) is 6.04. The normalized spacial score (nSPS) is 19.1. The number of fused-ring (bicyclic) bond motifs is 6. The zero-order valence-electron chi connectivity index (χ0n) is 23.8. The van der Waals surface area contributed by atoms with Gasteiger partial charge in [-0.1, -0.05) is 38.3 Å². The molecule has 1 N–H and O–H groups in total. The average molecular weight is 617 g/mol. The van der Waals surface area contributed by atoms with Gasteiger partial charge in [-0.2, -0.15) is 4.98 Å². The number of nitrogens with one attached hydrogen (secondary N) is 1. The van der Waals surface area contributed by atoms with Gasteiger partial charge in [0.15, 0.2) is 11.5 Å². The minimum atomic E-state index is -0.862. The number of rotatable bonds is 3. The van der Waals surface area contributed by atoms with E-state index in [0.717, 1.165) is 17.8 Å². The van der Waals surface area contributed by atoms with Crippen molar-refractivity contribution in [2.75, 3.05) is 29.1 Å². The van der Waals surface area contributed by atoms with Crippen LogP contribution in [0.25, 0.3) is 28.0 Å². The summed E-state index contributed by atoms with van der Waals surface area (Å²) in [6.45, 7) is 8.10. The second kappa shape index (κ2) is 10.5. The highest BCUT2D eigenvalue weighted by molar-refractivity contribution is 8.00. The van der Waals surface area contributed by atoms with Crippen molar-refractivity contribution >= 4 is 46.1 Å². The minimum Gasteiger partial charge on any atom is -0.349 e. The van der Waals surface area contributed by atoms with E-state index in [1.165, 1.54) is 35.2 Å². The monoisotopic (exact) mass is 616 g/mol. The van der Waals surface area contributed by atoms with Crippen LogP contribution in [0.4, 0.5) is 20.3 Å². The van der Waals surface area contributed by atoms with E-state index in [-0.39, 0.29) is 69.1 Å². The Balaban J connectivity index is 1.54. The second-order valence-electron chi connectivity index (χ2n) is 11.1. The Morgan fingerprint density at radius 3 is 2.73 bits per heavy atom. The standard InChI is InChI=1S/C30H26F2N8O3S/c1-4-22(42)38-8-9-39(20-11-19(20)38)27-15-10-17(32)25-23-16(31)6-5-7-18(23)35-21(41)12-44-29-26(24(14(2)3)33-13-34-29)40(28(15)36-25)30(43)37-27/h4-7,10,13-14,19-20H,1,8-9,11-12H2,2-3H3,(H,35,41)/t19-,20+/m0/s1. The van der Waals surface area contributed by atoms with Crippen molar-refractivity contribution in [2.45, 2.75) is 43.3 Å². The third-order valence-corrected chi connectivity index (χ3v) is 9.07. The smallest absolute Gasteiger partial charge is 0.349 e. The molecule has 2 fully saturated rings. The van der Waals surface area contributed by atoms with E-state index < -0.39 is 23.2 Å². The van der Waals surface area contributed by atoms with Crippen LogP contribution in [0.15, 0.2) is 53.1 Å². The van der Waals surface area contributed by atoms with Crippen molar-refractivity contribution in [3.63, 3.8) is 0 Å². The number of aromatic nitrogens is 5. The maximum atomic E-state index is 16.1. The molecule has 2 atom stereocenters. The molecule has 1 aromatic carbocycles. The molecule has 7 rings (SSSR count). The highest BCUT2D eigenvalue weighted by Crippen LogP contribution is 2.42. The van der Waals surface area contributed by atoms with Gasteiger partial charge in [0.2, 0.25) is 11.8 Å². The Labute approximate surface area is 254 Å². The van der Waals surface area contributed by atoms with Crippen LogP contribution in [0.5, 0.6) is 0 Å². The number of halogens is 2. The van der Waals surface area contributed by atoms with Crippen molar-refractivity contribution in [1.29, 1.82) is 0 Å². The highest BCUT2D eigenvalue weighted by atomic mass is 32.2. The van der Waals surface area contributed by atoms with E-state index in [1.54, 1.807) is 4.90 Å². The van der Waals surface area contributed by atoms with Crippen LogP contribution in [-0.4, -0.2) is 72.1 Å². The summed E-state index contributed by atoms with van der Waals surface area (Å²) in [5.74, 6) is -2.39. The fraction of sp³-hybridized carbons (Fsp3) is 0.300. The van der Waals surface area contributed by atoms with Crippen LogP contribution in [0.2, 0.25) is 0 Å². The highest BCUT2D eigenvalue weighted by Gasteiger charge is 2.51. The van der Waals surface area contributed by atoms with Gasteiger partial charge in [-0.3, -0.25) is 9.59 Å². The molecule has 1 saturated carbocycles. The molecule has 3 aliphatic rings. The van der Waals surface area contributed by atoms with Crippen molar-refractivity contribution in [3.8, 4) is 16.9 Å². The van der Waals surface area contributed by atoms with Crippen molar-refractivity contribution in [3.05, 3.63) is 71.1 Å². The minimum absolute atomic E-state index is 0.0397. The Morgan fingerprint density at radius 1 is 1.14 bits per heavy atom. The Bertz CT molecular complexity index is 1970. The molecule has 0 spiro atoms. The van der Waals surface area contributed by atoms with Crippen LogP contribution in [0, 0.1) is 11.6 Å². The van der Waals surface area contributed by atoms with Gasteiger partial charge in [0.1, 0.15) is 34.4 Å². The number of pyridine rings is 1. The van der Waals surface area contributed by atoms with Crippen molar-refractivity contribution in [2.24, 2.45) is 0 Å². The molecule has 1 saturated heterocycles. The molecular formula is C30H26F2N8O3S. The van der Waals surface area contributed by atoms with Gasteiger partial charge in [-0.15, -0.1) is 0 Å². The topological polar surface area (TPSA) is 126 Å². The van der Waals surface area contributed by atoms with Gasteiger partial charge in [0.25, 0.3) is 0 Å². The molecule has 14 heteroatoms. The first kappa shape index (κ1) is 28.1. The zero-order valence-corrected chi connectivity index (χ0v) is 24.6. The van der Waals surface area contributed by atoms with Crippen molar-refractivity contribution < 1.29 is 18.4 Å². The summed E-state index contributed by atoms with van der Waals surface area (Å²) in [4.78, 5) is 61.0. The number of thioether (sulfide) groups is 1. The summed E-state index contributed by atoms with van der Waals surface area (Å²) in [5, 5.41) is 3.24.